The predicted molar refractivity (Wildman–Crippen MR) is 108 cm³/mol. The standard InChI is InChI=1S/C20H17ClN4O3/c1-14-11-19(24(23-14)13-16-5-3-2-4-6-16)22-20(26)10-8-15-7-9-17(21)18(12-15)25(27)28/h2-12H,13H2,1H3,(H,22,26). The van der Waals surface area contributed by atoms with Gasteiger partial charge >= 0.3 is 0 Å². The van der Waals surface area contributed by atoms with Gasteiger partial charge < -0.3 is 5.32 Å². The Kier molecular flexibility index (Phi) is 5.86. The Morgan fingerprint density at radius 1 is 1.25 bits per heavy atom. The quantitative estimate of drug-likeness (QED) is 0.378. The largest absolute Gasteiger partial charge is 0.307 e. The number of nitro groups is 1. The minimum Gasteiger partial charge on any atom is -0.307 e. The Morgan fingerprint density at radius 2 is 2.00 bits per heavy atom. The third-order valence-corrected chi connectivity index (χ3v) is 4.24. The van der Waals surface area contributed by atoms with Crippen LogP contribution in [0.15, 0.2) is 60.7 Å². The summed E-state index contributed by atoms with van der Waals surface area (Å²) in [6, 6.07) is 15.9. The Bertz CT molecular complexity index is 1040. The monoisotopic (exact) mass is 396 g/mol. The molecule has 0 bridgehead atoms. The molecular formula is C20H17ClN4O3. The molecule has 8 heteroatoms. The van der Waals surface area contributed by atoms with E-state index >= 15 is 0 Å². The van der Waals surface area contributed by atoms with Gasteiger partial charge in [0.15, 0.2) is 0 Å². The van der Waals surface area contributed by atoms with Crippen LogP contribution in [0.5, 0.6) is 0 Å². The fraction of sp³-hybridized carbons (Fsp3) is 0.100. The zero-order valence-electron chi connectivity index (χ0n) is 15.0. The van der Waals surface area contributed by atoms with Gasteiger partial charge in [0, 0.05) is 18.2 Å². The molecule has 0 saturated carbocycles. The predicted octanol–water partition coefficient (Wildman–Crippen LogP) is 4.45. The van der Waals surface area contributed by atoms with Gasteiger partial charge in [-0.3, -0.25) is 14.9 Å². The highest BCUT2D eigenvalue weighted by molar-refractivity contribution is 6.32. The van der Waals surface area contributed by atoms with Crippen LogP contribution in [-0.4, -0.2) is 20.6 Å². The van der Waals surface area contributed by atoms with Gasteiger partial charge in [0.2, 0.25) is 5.91 Å². The van der Waals surface area contributed by atoms with E-state index in [0.717, 1.165) is 11.3 Å². The Balaban J connectivity index is 1.72. The number of nitro benzene ring substituents is 1. The third kappa shape index (κ3) is 4.83. The van der Waals surface area contributed by atoms with Crippen molar-refractivity contribution in [3.05, 3.63) is 92.6 Å². The van der Waals surface area contributed by atoms with Crippen LogP contribution >= 0.6 is 11.6 Å². The zero-order chi connectivity index (χ0) is 20.1. The van der Waals surface area contributed by atoms with Crippen LogP contribution in [-0.2, 0) is 11.3 Å². The van der Waals surface area contributed by atoms with Crippen LogP contribution in [0.25, 0.3) is 6.08 Å². The number of nitrogens with zero attached hydrogens (tertiary/aromatic N) is 3. The molecule has 0 aliphatic rings. The average Bonchev–Trinajstić information content (AvgIpc) is 3.00. The summed E-state index contributed by atoms with van der Waals surface area (Å²) in [6.07, 6.45) is 2.80. The fourth-order valence-electron chi connectivity index (χ4n) is 2.64. The van der Waals surface area contributed by atoms with E-state index < -0.39 is 4.92 Å². The summed E-state index contributed by atoms with van der Waals surface area (Å²) in [5.41, 5.74) is 2.13. The summed E-state index contributed by atoms with van der Waals surface area (Å²) in [6.45, 7) is 2.37. The second kappa shape index (κ2) is 8.49. The van der Waals surface area contributed by atoms with Crippen LogP contribution in [0.2, 0.25) is 5.02 Å². The SMILES string of the molecule is Cc1cc(NC(=O)C=Cc2ccc(Cl)c([N+](=O)[O-])c2)n(Cc2ccccc2)n1. The fourth-order valence-corrected chi connectivity index (χ4v) is 2.82. The van der Waals surface area contributed by atoms with Gasteiger partial charge in [0.1, 0.15) is 10.8 Å². The molecule has 3 aromatic rings. The zero-order valence-corrected chi connectivity index (χ0v) is 15.8. The number of aromatic nitrogens is 2. The van der Waals surface area contributed by atoms with E-state index in [4.69, 9.17) is 11.6 Å². The molecule has 1 amide bonds. The molecule has 0 aliphatic carbocycles. The number of amides is 1. The van der Waals surface area contributed by atoms with Crippen molar-refractivity contribution in [2.24, 2.45) is 0 Å². The lowest BCUT2D eigenvalue weighted by atomic mass is 10.2. The number of hydrogen-bond acceptors (Lipinski definition) is 4. The van der Waals surface area contributed by atoms with Gasteiger partial charge in [-0.1, -0.05) is 48.0 Å². The number of anilines is 1. The summed E-state index contributed by atoms with van der Waals surface area (Å²) in [5.74, 6) is 0.199. The molecular weight excluding hydrogens is 380 g/mol. The first-order valence-electron chi connectivity index (χ1n) is 8.44. The molecule has 3 rings (SSSR count). The first kappa shape index (κ1) is 19.3. The molecule has 28 heavy (non-hydrogen) atoms. The molecule has 0 aliphatic heterocycles. The van der Waals surface area contributed by atoms with Gasteiger partial charge in [-0.25, -0.2) is 4.68 Å². The number of carbonyl (C=O) groups excluding carboxylic acids is 1. The first-order valence-corrected chi connectivity index (χ1v) is 8.81. The molecule has 7 nitrogen and oxygen atoms in total. The molecule has 142 valence electrons. The van der Waals surface area contributed by atoms with Crippen molar-refractivity contribution in [2.45, 2.75) is 13.5 Å². The number of nitrogens with one attached hydrogen (secondary N) is 1. The second-order valence-corrected chi connectivity index (χ2v) is 6.51. The van der Waals surface area contributed by atoms with E-state index in [0.29, 0.717) is 17.9 Å². The highest BCUT2D eigenvalue weighted by atomic mass is 35.5. The van der Waals surface area contributed by atoms with Crippen LogP contribution in [0.1, 0.15) is 16.8 Å². The van der Waals surface area contributed by atoms with E-state index in [1.165, 1.54) is 24.3 Å². The van der Waals surface area contributed by atoms with Crippen LogP contribution < -0.4 is 5.32 Å². The highest BCUT2D eigenvalue weighted by Gasteiger charge is 2.12. The van der Waals surface area contributed by atoms with Crippen molar-refractivity contribution in [3.8, 4) is 0 Å². The molecule has 0 spiro atoms. The van der Waals surface area contributed by atoms with Crippen molar-refractivity contribution in [3.63, 3.8) is 0 Å². The van der Waals surface area contributed by atoms with E-state index in [1.54, 1.807) is 16.8 Å². The molecule has 2 aromatic carbocycles. The molecule has 0 saturated heterocycles. The maximum atomic E-state index is 12.3. The van der Waals surface area contributed by atoms with Crippen molar-refractivity contribution in [2.75, 3.05) is 5.32 Å². The van der Waals surface area contributed by atoms with Crippen LogP contribution in [0.3, 0.4) is 0 Å². The molecule has 1 heterocycles. The summed E-state index contributed by atoms with van der Waals surface area (Å²) in [5, 5.41) is 18.2. The minimum absolute atomic E-state index is 0.0480. The Labute approximate surface area is 166 Å². The van der Waals surface area contributed by atoms with Crippen molar-refractivity contribution in [1.29, 1.82) is 0 Å². The number of hydrogen-bond donors (Lipinski definition) is 1. The number of halogens is 1. The molecule has 0 atom stereocenters. The number of aryl methyl sites for hydroxylation is 1. The lowest BCUT2D eigenvalue weighted by molar-refractivity contribution is -0.384. The van der Waals surface area contributed by atoms with Crippen molar-refractivity contribution < 1.29 is 9.72 Å². The summed E-state index contributed by atoms with van der Waals surface area (Å²) < 4.78 is 1.71. The maximum absolute atomic E-state index is 12.3. The maximum Gasteiger partial charge on any atom is 0.288 e. The molecule has 1 N–H and O–H groups in total. The minimum atomic E-state index is -0.565. The van der Waals surface area contributed by atoms with Gasteiger partial charge in [0.25, 0.3) is 5.69 Å². The molecule has 0 radical (unpaired) electrons. The van der Waals surface area contributed by atoms with Crippen molar-refractivity contribution in [1.82, 2.24) is 9.78 Å². The summed E-state index contributed by atoms with van der Waals surface area (Å²) in [7, 11) is 0. The summed E-state index contributed by atoms with van der Waals surface area (Å²) in [4.78, 5) is 22.7. The second-order valence-electron chi connectivity index (χ2n) is 6.10. The lowest BCUT2D eigenvalue weighted by Crippen LogP contribution is -2.13. The Morgan fingerprint density at radius 3 is 2.71 bits per heavy atom. The lowest BCUT2D eigenvalue weighted by Gasteiger charge is -2.07. The number of benzene rings is 2. The number of carbonyl (C=O) groups is 1. The van der Waals surface area contributed by atoms with Crippen LogP contribution in [0.4, 0.5) is 11.5 Å². The Hall–Kier alpha value is -3.45. The smallest absolute Gasteiger partial charge is 0.288 e. The first-order chi connectivity index (χ1) is 13.4. The van der Waals surface area contributed by atoms with E-state index in [-0.39, 0.29) is 16.6 Å². The number of rotatable bonds is 6. The van der Waals surface area contributed by atoms with Crippen molar-refractivity contribution >= 4 is 35.1 Å². The van der Waals surface area contributed by atoms with Crippen LogP contribution in [0, 0.1) is 17.0 Å². The highest BCUT2D eigenvalue weighted by Crippen LogP contribution is 2.25. The summed E-state index contributed by atoms with van der Waals surface area (Å²) >= 11 is 5.79. The topological polar surface area (TPSA) is 90.1 Å². The average molecular weight is 397 g/mol. The molecule has 1 aromatic heterocycles. The van der Waals surface area contributed by atoms with Gasteiger partial charge in [-0.2, -0.15) is 5.10 Å². The van der Waals surface area contributed by atoms with E-state index in [2.05, 4.69) is 10.4 Å². The van der Waals surface area contributed by atoms with E-state index in [9.17, 15) is 14.9 Å². The molecule has 0 fully saturated rings. The molecule has 0 unspecified atom stereocenters. The normalized spacial score (nSPS) is 10.9. The van der Waals surface area contributed by atoms with Gasteiger partial charge in [-0.15, -0.1) is 0 Å². The third-order valence-electron chi connectivity index (χ3n) is 3.92. The van der Waals surface area contributed by atoms with E-state index in [1.807, 2.05) is 37.3 Å². The van der Waals surface area contributed by atoms with Gasteiger partial charge in [0.05, 0.1) is 17.2 Å². The van der Waals surface area contributed by atoms with Gasteiger partial charge in [-0.05, 0) is 30.2 Å².